The largest absolute Gasteiger partial charge is 0.399 e. The van der Waals surface area contributed by atoms with E-state index in [1.165, 1.54) is 0 Å². The summed E-state index contributed by atoms with van der Waals surface area (Å²) in [4.78, 5) is 0. The molecule has 0 aromatic heterocycles. The summed E-state index contributed by atoms with van der Waals surface area (Å²) in [5, 5.41) is 7.88. The van der Waals surface area contributed by atoms with Crippen LogP contribution in [0.2, 0.25) is 0 Å². The van der Waals surface area contributed by atoms with E-state index >= 15 is 0 Å². The number of rotatable bonds is 2. The molecular formula is C21H22Cl3N3. The zero-order valence-electron chi connectivity index (χ0n) is 14.9. The quantitative estimate of drug-likeness (QED) is 0.413. The second-order valence-corrected chi connectivity index (χ2v) is 6.55. The van der Waals surface area contributed by atoms with E-state index in [4.69, 9.17) is 40.1 Å². The van der Waals surface area contributed by atoms with Crippen LogP contribution in [0, 0.1) is 12.3 Å². The average Bonchev–Trinajstić information content (AvgIpc) is 2.62. The van der Waals surface area contributed by atoms with Crippen molar-refractivity contribution in [1.29, 1.82) is 5.41 Å². The number of nitrogens with one attached hydrogen (secondary N) is 1. The predicted octanol–water partition coefficient (Wildman–Crippen LogP) is 5.95. The first-order valence-electron chi connectivity index (χ1n) is 7.99. The van der Waals surface area contributed by atoms with Crippen molar-refractivity contribution in [3.05, 3.63) is 89.0 Å². The van der Waals surface area contributed by atoms with Gasteiger partial charge in [-0.25, -0.2) is 0 Å². The second kappa shape index (κ2) is 10.8. The highest BCUT2D eigenvalue weighted by molar-refractivity contribution is 6.40. The number of alkyl halides is 2. The Labute approximate surface area is 176 Å². The summed E-state index contributed by atoms with van der Waals surface area (Å²) in [5.74, 6) is 0. The van der Waals surface area contributed by atoms with E-state index in [0.717, 1.165) is 39.2 Å². The third-order valence-corrected chi connectivity index (χ3v) is 3.93. The molecule has 1 aliphatic rings. The lowest BCUT2D eigenvalue weighted by Crippen LogP contribution is -1.99. The van der Waals surface area contributed by atoms with Gasteiger partial charge in [0.1, 0.15) is 0 Å². The zero-order valence-corrected chi connectivity index (χ0v) is 17.2. The summed E-state index contributed by atoms with van der Waals surface area (Å²) in [6.45, 7) is 2.01. The molecule has 0 heterocycles. The van der Waals surface area contributed by atoms with Gasteiger partial charge in [-0.2, -0.15) is 0 Å². The first-order valence-corrected chi connectivity index (χ1v) is 9.06. The van der Waals surface area contributed by atoms with Crippen molar-refractivity contribution in [3.63, 3.8) is 0 Å². The van der Waals surface area contributed by atoms with Crippen molar-refractivity contribution in [2.75, 3.05) is 16.8 Å². The van der Waals surface area contributed by atoms with Gasteiger partial charge in [0.25, 0.3) is 0 Å². The molecule has 3 nitrogen and oxygen atoms in total. The van der Waals surface area contributed by atoms with Gasteiger partial charge in [-0.15, -0.1) is 35.6 Å². The van der Waals surface area contributed by atoms with Crippen molar-refractivity contribution in [1.82, 2.24) is 0 Å². The second-order valence-electron chi connectivity index (χ2n) is 5.75. The predicted molar refractivity (Wildman–Crippen MR) is 122 cm³/mol. The number of benzene rings is 2. The molecule has 0 amide bonds. The number of aryl methyl sites for hydroxylation is 1. The Morgan fingerprint density at radius 1 is 0.889 bits per heavy atom. The van der Waals surface area contributed by atoms with E-state index in [9.17, 15) is 0 Å². The van der Waals surface area contributed by atoms with Crippen LogP contribution in [0.3, 0.4) is 0 Å². The van der Waals surface area contributed by atoms with Gasteiger partial charge in [0.2, 0.25) is 0 Å². The molecule has 0 aliphatic heterocycles. The van der Waals surface area contributed by atoms with E-state index in [0.29, 0.717) is 5.71 Å². The van der Waals surface area contributed by atoms with Crippen LogP contribution >= 0.6 is 35.6 Å². The maximum Gasteiger partial charge on any atom is 0.0967 e. The number of allylic oxidation sites excluding steroid dienone is 5. The van der Waals surface area contributed by atoms with Gasteiger partial charge in [-0.1, -0.05) is 30.4 Å². The van der Waals surface area contributed by atoms with Crippen molar-refractivity contribution < 1.29 is 0 Å². The molecule has 0 radical (unpaired) electrons. The van der Waals surface area contributed by atoms with E-state index in [2.05, 4.69) is 6.07 Å². The minimum atomic E-state index is 0. The van der Waals surface area contributed by atoms with Gasteiger partial charge in [0.15, 0.2) is 0 Å². The Balaban J connectivity index is 0.000000855. The fourth-order valence-electron chi connectivity index (χ4n) is 2.62. The minimum Gasteiger partial charge on any atom is -0.399 e. The molecule has 0 saturated carbocycles. The molecule has 142 valence electrons. The Morgan fingerprint density at radius 3 is 1.93 bits per heavy atom. The van der Waals surface area contributed by atoms with Gasteiger partial charge in [-0.05, 0) is 71.2 Å². The van der Waals surface area contributed by atoms with E-state index in [1.54, 1.807) is 12.2 Å². The molecule has 2 aromatic carbocycles. The van der Waals surface area contributed by atoms with Crippen LogP contribution < -0.4 is 11.5 Å². The SMILES string of the molecule is Cc1cc(C(=C2C=CC(=N)C=C2)c2ccc(N)cc2)ccc1N.Cl.ClCCl. The Morgan fingerprint density at radius 2 is 1.41 bits per heavy atom. The molecular weight excluding hydrogens is 401 g/mol. The topological polar surface area (TPSA) is 75.9 Å². The number of anilines is 2. The number of nitrogens with two attached hydrogens (primary N) is 2. The summed E-state index contributed by atoms with van der Waals surface area (Å²) in [7, 11) is 0. The summed E-state index contributed by atoms with van der Waals surface area (Å²) < 4.78 is 0. The maximum atomic E-state index is 7.69. The highest BCUT2D eigenvalue weighted by atomic mass is 35.5. The lowest BCUT2D eigenvalue weighted by Gasteiger charge is -2.15. The summed E-state index contributed by atoms with van der Waals surface area (Å²) in [6.07, 6.45) is 7.55. The number of nitrogen functional groups attached to an aromatic ring is 2. The van der Waals surface area contributed by atoms with Crippen molar-refractivity contribution in [2.45, 2.75) is 6.92 Å². The van der Waals surface area contributed by atoms with Crippen molar-refractivity contribution in [3.8, 4) is 0 Å². The first-order chi connectivity index (χ1) is 12.5. The molecule has 27 heavy (non-hydrogen) atoms. The van der Waals surface area contributed by atoms with Gasteiger partial charge in [-0.3, -0.25) is 0 Å². The van der Waals surface area contributed by atoms with Crippen LogP contribution in [0.1, 0.15) is 16.7 Å². The molecule has 0 unspecified atom stereocenters. The molecule has 0 fully saturated rings. The zero-order chi connectivity index (χ0) is 19.1. The molecule has 0 atom stereocenters. The first kappa shape index (κ1) is 22.8. The molecule has 5 N–H and O–H groups in total. The maximum absolute atomic E-state index is 7.69. The molecule has 0 spiro atoms. The molecule has 1 aliphatic carbocycles. The molecule has 6 heteroatoms. The number of hydrogen-bond acceptors (Lipinski definition) is 3. The van der Waals surface area contributed by atoms with Gasteiger partial charge in [0.05, 0.1) is 11.1 Å². The fraction of sp³-hybridized carbons (Fsp3) is 0.0952. The van der Waals surface area contributed by atoms with Crippen LogP contribution in [-0.4, -0.2) is 11.1 Å². The highest BCUT2D eigenvalue weighted by Crippen LogP contribution is 2.31. The third kappa shape index (κ3) is 6.17. The molecule has 0 saturated heterocycles. The number of halogens is 3. The van der Waals surface area contributed by atoms with Crippen LogP contribution in [0.15, 0.2) is 72.3 Å². The summed E-state index contributed by atoms with van der Waals surface area (Å²) in [5.41, 5.74) is 19.2. The molecule has 2 aromatic rings. The lowest BCUT2D eigenvalue weighted by atomic mass is 9.90. The molecule has 0 bridgehead atoms. The Kier molecular flexibility index (Phi) is 9.16. The normalized spacial score (nSPS) is 12.1. The van der Waals surface area contributed by atoms with E-state index in [1.807, 2.05) is 55.5 Å². The fourth-order valence-corrected chi connectivity index (χ4v) is 2.62. The summed E-state index contributed by atoms with van der Waals surface area (Å²) >= 11 is 9.53. The number of hydrogen-bond donors (Lipinski definition) is 3. The average molecular weight is 423 g/mol. The van der Waals surface area contributed by atoms with Gasteiger partial charge >= 0.3 is 0 Å². The lowest BCUT2D eigenvalue weighted by molar-refractivity contribution is 1.43. The smallest absolute Gasteiger partial charge is 0.0967 e. The monoisotopic (exact) mass is 421 g/mol. The van der Waals surface area contributed by atoms with Crippen LogP contribution in [0.25, 0.3) is 5.57 Å². The van der Waals surface area contributed by atoms with Crippen LogP contribution in [0.5, 0.6) is 0 Å². The van der Waals surface area contributed by atoms with Crippen LogP contribution in [-0.2, 0) is 0 Å². The van der Waals surface area contributed by atoms with Gasteiger partial charge < -0.3 is 16.9 Å². The minimum absolute atomic E-state index is 0. The van der Waals surface area contributed by atoms with Gasteiger partial charge in [0, 0.05) is 11.4 Å². The van der Waals surface area contributed by atoms with E-state index < -0.39 is 0 Å². The Hall–Kier alpha value is -2.20. The molecule has 3 rings (SSSR count). The highest BCUT2D eigenvalue weighted by Gasteiger charge is 2.12. The standard InChI is InChI=1S/C20H19N3.CH2Cl2.ClH/c1-13-12-16(6-11-19(13)23)20(14-2-7-17(21)8-3-14)15-4-9-18(22)10-5-15;2-1-3;/h2-12,21H,22-23H2,1H3;1H2;1H. The van der Waals surface area contributed by atoms with E-state index in [-0.39, 0.29) is 17.7 Å². The van der Waals surface area contributed by atoms with Crippen molar-refractivity contribution >= 4 is 58.3 Å². The van der Waals surface area contributed by atoms with Crippen LogP contribution in [0.4, 0.5) is 11.4 Å². The third-order valence-electron chi connectivity index (χ3n) is 3.93. The summed E-state index contributed by atoms with van der Waals surface area (Å²) in [6, 6.07) is 13.9. The Bertz CT molecular complexity index is 864. The van der Waals surface area contributed by atoms with Crippen molar-refractivity contribution in [2.24, 2.45) is 0 Å².